The van der Waals surface area contributed by atoms with E-state index in [1.165, 1.54) is 11.7 Å². The summed E-state index contributed by atoms with van der Waals surface area (Å²) in [6, 6.07) is 8.45. The first-order valence-corrected chi connectivity index (χ1v) is 12.8. The number of hydrogen-bond acceptors (Lipinski definition) is 9. The van der Waals surface area contributed by atoms with Crippen LogP contribution in [-0.2, 0) is 4.74 Å². The van der Waals surface area contributed by atoms with Gasteiger partial charge >= 0.3 is 6.09 Å². The number of rotatable bonds is 5. The molecule has 0 saturated carbocycles. The Bertz CT molecular complexity index is 1550. The summed E-state index contributed by atoms with van der Waals surface area (Å²) in [6.07, 6.45) is 6.20. The number of nitrogens with one attached hydrogen (secondary N) is 1. The van der Waals surface area contributed by atoms with Gasteiger partial charge in [-0.15, -0.1) is 0 Å². The fourth-order valence-corrected chi connectivity index (χ4v) is 4.45. The highest BCUT2D eigenvalue weighted by molar-refractivity contribution is 6.04. The van der Waals surface area contributed by atoms with E-state index < -0.39 is 11.5 Å². The molecule has 5 heterocycles. The zero-order chi connectivity index (χ0) is 28.4. The molecule has 1 aliphatic rings. The van der Waals surface area contributed by atoms with Crippen molar-refractivity contribution >= 4 is 34.1 Å². The maximum absolute atomic E-state index is 13.3. The number of anilines is 2. The van der Waals surface area contributed by atoms with Crippen LogP contribution in [0.1, 0.15) is 31.3 Å². The van der Waals surface area contributed by atoms with E-state index >= 15 is 0 Å². The lowest BCUT2D eigenvalue weighted by atomic mass is 10.2. The fraction of sp³-hybridized carbons (Fsp3) is 0.321. The number of ether oxygens (including phenoxy) is 2. The fourth-order valence-electron chi connectivity index (χ4n) is 4.45. The molecule has 2 amide bonds. The molecule has 208 valence electrons. The number of methoxy groups -OCH3 is 1. The van der Waals surface area contributed by atoms with E-state index in [0.717, 1.165) is 5.69 Å². The molecule has 4 aromatic rings. The van der Waals surface area contributed by atoms with Crippen molar-refractivity contribution in [3.63, 3.8) is 0 Å². The third-order valence-electron chi connectivity index (χ3n) is 6.39. The van der Waals surface area contributed by atoms with Crippen LogP contribution in [0.15, 0.2) is 55.1 Å². The topological polar surface area (TPSA) is 135 Å². The van der Waals surface area contributed by atoms with Gasteiger partial charge in [0, 0.05) is 56.2 Å². The standard InChI is InChI=1S/C28H31N7O5/c1-28(2,3)40-27(38)34-12-10-33(11-13-34)22-8-9-29-16-21(22)32-25(36)20-6-5-7-23(31-20)35-17-18-15-30-24(39-4)14-19(18)26(35)37/h5-9,14-17,37H,10-13H2,1-4H3,(H,32,36). The van der Waals surface area contributed by atoms with Gasteiger partial charge in [-0.25, -0.2) is 14.8 Å². The predicted molar refractivity (Wildman–Crippen MR) is 149 cm³/mol. The van der Waals surface area contributed by atoms with Crippen molar-refractivity contribution in [2.24, 2.45) is 0 Å². The Kier molecular flexibility index (Phi) is 7.16. The smallest absolute Gasteiger partial charge is 0.410 e. The molecular formula is C28H31N7O5. The average molecular weight is 546 g/mol. The Labute approximate surface area is 231 Å². The molecule has 12 nitrogen and oxygen atoms in total. The zero-order valence-electron chi connectivity index (χ0n) is 22.8. The summed E-state index contributed by atoms with van der Waals surface area (Å²) >= 11 is 0. The number of pyridine rings is 3. The summed E-state index contributed by atoms with van der Waals surface area (Å²) in [6.45, 7) is 7.65. The molecular weight excluding hydrogens is 514 g/mol. The van der Waals surface area contributed by atoms with Gasteiger partial charge in [-0.2, -0.15) is 0 Å². The van der Waals surface area contributed by atoms with Gasteiger partial charge in [0.25, 0.3) is 5.91 Å². The van der Waals surface area contributed by atoms with Crippen molar-refractivity contribution in [3.05, 3.63) is 60.8 Å². The van der Waals surface area contributed by atoms with Gasteiger partial charge in [0.05, 0.1) is 30.1 Å². The van der Waals surface area contributed by atoms with Crippen molar-refractivity contribution < 1.29 is 24.2 Å². The second-order valence-corrected chi connectivity index (χ2v) is 10.3. The first-order valence-electron chi connectivity index (χ1n) is 12.8. The minimum absolute atomic E-state index is 0.0409. The van der Waals surface area contributed by atoms with Gasteiger partial charge in [-0.3, -0.25) is 14.3 Å². The molecule has 5 rings (SSSR count). The monoisotopic (exact) mass is 545 g/mol. The molecule has 1 aliphatic heterocycles. The molecule has 1 fully saturated rings. The first-order chi connectivity index (χ1) is 19.1. The lowest BCUT2D eigenvalue weighted by Crippen LogP contribution is -2.50. The maximum atomic E-state index is 13.3. The van der Waals surface area contributed by atoms with Crippen molar-refractivity contribution in [1.82, 2.24) is 24.4 Å². The van der Waals surface area contributed by atoms with Crippen molar-refractivity contribution in [2.75, 3.05) is 43.5 Å². The molecule has 40 heavy (non-hydrogen) atoms. The van der Waals surface area contributed by atoms with Gasteiger partial charge < -0.3 is 29.7 Å². The molecule has 0 spiro atoms. The Morgan fingerprint density at radius 1 is 1.07 bits per heavy atom. The van der Waals surface area contributed by atoms with Gasteiger partial charge in [0.15, 0.2) is 0 Å². The normalized spacial score (nSPS) is 13.8. The highest BCUT2D eigenvalue weighted by Crippen LogP contribution is 2.31. The third-order valence-corrected chi connectivity index (χ3v) is 6.39. The number of carbonyl (C=O) groups is 2. The summed E-state index contributed by atoms with van der Waals surface area (Å²) in [5.41, 5.74) is 0.924. The van der Waals surface area contributed by atoms with Crippen molar-refractivity contribution in [2.45, 2.75) is 26.4 Å². The van der Waals surface area contributed by atoms with Crippen LogP contribution in [0.25, 0.3) is 16.6 Å². The van der Waals surface area contributed by atoms with Crippen molar-refractivity contribution in [3.8, 4) is 17.6 Å². The maximum Gasteiger partial charge on any atom is 0.410 e. The second kappa shape index (κ2) is 10.7. The van der Waals surface area contributed by atoms with Crippen LogP contribution >= 0.6 is 0 Å². The molecule has 0 aliphatic carbocycles. The van der Waals surface area contributed by atoms with Crippen LogP contribution in [0.2, 0.25) is 0 Å². The minimum Gasteiger partial charge on any atom is -0.494 e. The molecule has 0 bridgehead atoms. The van der Waals surface area contributed by atoms with Gasteiger partial charge in [-0.05, 0) is 39.0 Å². The summed E-state index contributed by atoms with van der Waals surface area (Å²) < 4.78 is 12.1. The highest BCUT2D eigenvalue weighted by Gasteiger charge is 2.27. The van der Waals surface area contributed by atoms with Crippen LogP contribution in [0.4, 0.5) is 16.2 Å². The van der Waals surface area contributed by atoms with E-state index in [2.05, 4.69) is 25.2 Å². The van der Waals surface area contributed by atoms with E-state index in [9.17, 15) is 14.7 Å². The second-order valence-electron chi connectivity index (χ2n) is 10.3. The number of piperazine rings is 1. The molecule has 12 heteroatoms. The van der Waals surface area contributed by atoms with E-state index in [1.54, 1.807) is 54.0 Å². The zero-order valence-corrected chi connectivity index (χ0v) is 22.8. The average Bonchev–Trinajstić information content (AvgIpc) is 3.28. The third kappa shape index (κ3) is 5.60. The summed E-state index contributed by atoms with van der Waals surface area (Å²) in [7, 11) is 1.50. The molecule has 4 aromatic heterocycles. The Hall–Kier alpha value is -4.87. The lowest BCUT2D eigenvalue weighted by Gasteiger charge is -2.37. The van der Waals surface area contributed by atoms with E-state index in [-0.39, 0.29) is 17.7 Å². The lowest BCUT2D eigenvalue weighted by molar-refractivity contribution is 0.0240. The van der Waals surface area contributed by atoms with Crippen LogP contribution in [0.3, 0.4) is 0 Å². The Morgan fingerprint density at radius 2 is 1.85 bits per heavy atom. The highest BCUT2D eigenvalue weighted by atomic mass is 16.6. The molecule has 0 radical (unpaired) electrons. The molecule has 1 saturated heterocycles. The van der Waals surface area contributed by atoms with Gasteiger partial charge in [0.1, 0.15) is 17.1 Å². The quantitative estimate of drug-likeness (QED) is 0.383. The minimum atomic E-state index is -0.555. The number of hydrogen-bond donors (Lipinski definition) is 2. The summed E-state index contributed by atoms with van der Waals surface area (Å²) in [4.78, 5) is 42.3. The number of amides is 2. The number of nitrogens with zero attached hydrogens (tertiary/aromatic N) is 6. The number of fused-ring (bicyclic) bond motifs is 1. The number of carbonyl (C=O) groups excluding carboxylic acids is 2. The van der Waals surface area contributed by atoms with Crippen LogP contribution in [0.5, 0.6) is 11.8 Å². The summed E-state index contributed by atoms with van der Waals surface area (Å²) in [5.74, 6) is 0.272. The van der Waals surface area contributed by atoms with Crippen LogP contribution in [0, 0.1) is 0 Å². The number of aromatic hydroxyl groups is 1. The number of aromatic nitrogens is 4. The van der Waals surface area contributed by atoms with E-state index in [0.29, 0.717) is 54.3 Å². The van der Waals surface area contributed by atoms with Crippen LogP contribution < -0.4 is 15.0 Å². The molecule has 0 atom stereocenters. The first kappa shape index (κ1) is 26.7. The van der Waals surface area contributed by atoms with Gasteiger partial charge in [-0.1, -0.05) is 6.07 Å². The Morgan fingerprint density at radius 3 is 2.58 bits per heavy atom. The molecule has 2 N–H and O–H groups in total. The van der Waals surface area contributed by atoms with Crippen LogP contribution in [-0.4, -0.2) is 80.4 Å². The Balaban J connectivity index is 1.32. The SMILES string of the molecule is COc1cc2c(O)n(-c3cccc(C(=O)Nc4cnccc4N4CCN(C(=O)OC(C)(C)C)CC4)n3)cc2cn1. The summed E-state index contributed by atoms with van der Waals surface area (Å²) in [5, 5.41) is 15.0. The van der Waals surface area contributed by atoms with Gasteiger partial charge in [0.2, 0.25) is 11.8 Å². The molecule has 0 aromatic carbocycles. The van der Waals surface area contributed by atoms with E-state index in [4.69, 9.17) is 9.47 Å². The molecule has 0 unspecified atom stereocenters. The predicted octanol–water partition coefficient (Wildman–Crippen LogP) is 3.84. The van der Waals surface area contributed by atoms with E-state index in [1.807, 2.05) is 26.8 Å². The largest absolute Gasteiger partial charge is 0.494 e. The van der Waals surface area contributed by atoms with Crippen molar-refractivity contribution in [1.29, 1.82) is 0 Å².